The minimum Gasteiger partial charge on any atom is -0.314 e. The Labute approximate surface area is 131 Å². The van der Waals surface area contributed by atoms with Gasteiger partial charge in [-0.1, -0.05) is 36.6 Å². The van der Waals surface area contributed by atoms with Crippen molar-refractivity contribution in [1.82, 2.24) is 10.2 Å². The van der Waals surface area contributed by atoms with Crippen molar-refractivity contribution >= 4 is 24.0 Å². The molecule has 2 fully saturated rings. The molecule has 1 atom stereocenters. The summed E-state index contributed by atoms with van der Waals surface area (Å²) in [6.45, 7) is 4.05. The Hall–Kier alpha value is -0.350. The van der Waals surface area contributed by atoms with Crippen LogP contribution in [-0.4, -0.2) is 31.1 Å². The number of hydrogen-bond donors (Lipinski definition) is 1. The Morgan fingerprint density at radius 1 is 1.30 bits per heavy atom. The van der Waals surface area contributed by atoms with Gasteiger partial charge in [0, 0.05) is 32.2 Å². The lowest BCUT2D eigenvalue weighted by atomic mass is 9.98. The van der Waals surface area contributed by atoms with Crippen molar-refractivity contribution in [2.75, 3.05) is 26.2 Å². The van der Waals surface area contributed by atoms with E-state index in [0.29, 0.717) is 5.02 Å². The fourth-order valence-corrected chi connectivity index (χ4v) is 3.17. The minimum atomic E-state index is -0.296. The quantitative estimate of drug-likeness (QED) is 0.911. The topological polar surface area (TPSA) is 15.3 Å². The Balaban J connectivity index is 0.00000147. The van der Waals surface area contributed by atoms with Crippen LogP contribution in [0.25, 0.3) is 0 Å². The molecule has 1 aromatic rings. The van der Waals surface area contributed by atoms with Crippen LogP contribution in [-0.2, 0) is 0 Å². The predicted molar refractivity (Wildman–Crippen MR) is 83.2 cm³/mol. The summed E-state index contributed by atoms with van der Waals surface area (Å²) < 4.78 is 13.7. The summed E-state index contributed by atoms with van der Waals surface area (Å²) in [5.74, 6) is 0.509. The van der Waals surface area contributed by atoms with Gasteiger partial charge < -0.3 is 5.32 Å². The van der Waals surface area contributed by atoms with E-state index in [-0.39, 0.29) is 24.3 Å². The SMILES string of the molecule is Cl.Fc1cccc([C@H](CC2CC2)N2CCNCC2)c1Cl. The molecule has 0 aromatic heterocycles. The number of hydrogen-bond acceptors (Lipinski definition) is 2. The van der Waals surface area contributed by atoms with Gasteiger partial charge in [-0.05, 0) is 24.0 Å². The first-order valence-corrected chi connectivity index (χ1v) is 7.52. The van der Waals surface area contributed by atoms with Crippen molar-refractivity contribution in [3.63, 3.8) is 0 Å². The van der Waals surface area contributed by atoms with Crippen LogP contribution in [0, 0.1) is 11.7 Å². The molecule has 1 aromatic carbocycles. The molecule has 0 radical (unpaired) electrons. The molecule has 3 rings (SSSR count). The summed E-state index contributed by atoms with van der Waals surface area (Å²) in [7, 11) is 0. The predicted octanol–water partition coefficient (Wildman–Crippen LogP) is 3.65. The van der Waals surface area contributed by atoms with Crippen LogP contribution in [0.15, 0.2) is 18.2 Å². The highest BCUT2D eigenvalue weighted by atomic mass is 35.5. The van der Waals surface area contributed by atoms with Gasteiger partial charge in [0.2, 0.25) is 0 Å². The van der Waals surface area contributed by atoms with Crippen LogP contribution < -0.4 is 5.32 Å². The molecular weight excluding hydrogens is 298 g/mol. The minimum absolute atomic E-state index is 0. The Bertz CT molecular complexity index is 445. The van der Waals surface area contributed by atoms with Crippen LogP contribution in [0.4, 0.5) is 4.39 Å². The molecule has 5 heteroatoms. The summed E-state index contributed by atoms with van der Waals surface area (Å²) in [6, 6.07) is 5.48. The first kappa shape index (κ1) is 16.0. The Kier molecular flexibility index (Phi) is 5.67. The van der Waals surface area contributed by atoms with Gasteiger partial charge in [-0.2, -0.15) is 0 Å². The fraction of sp³-hybridized carbons (Fsp3) is 0.600. The van der Waals surface area contributed by atoms with Crippen LogP contribution in [0.5, 0.6) is 0 Å². The molecule has 20 heavy (non-hydrogen) atoms. The molecule has 1 aliphatic heterocycles. The zero-order valence-electron chi connectivity index (χ0n) is 11.4. The second-order valence-electron chi connectivity index (χ2n) is 5.62. The van der Waals surface area contributed by atoms with Crippen LogP contribution in [0.2, 0.25) is 5.02 Å². The van der Waals surface area contributed by atoms with Gasteiger partial charge in [0.1, 0.15) is 5.82 Å². The van der Waals surface area contributed by atoms with Crippen molar-refractivity contribution in [2.24, 2.45) is 5.92 Å². The molecule has 112 valence electrons. The second-order valence-corrected chi connectivity index (χ2v) is 6.00. The third-order valence-electron chi connectivity index (χ3n) is 4.19. The summed E-state index contributed by atoms with van der Waals surface area (Å²) in [4.78, 5) is 2.45. The Morgan fingerprint density at radius 2 is 2.00 bits per heavy atom. The summed E-state index contributed by atoms with van der Waals surface area (Å²) in [6.07, 6.45) is 3.74. The maximum atomic E-state index is 13.7. The second kappa shape index (κ2) is 7.08. The molecule has 1 saturated carbocycles. The lowest BCUT2D eigenvalue weighted by molar-refractivity contribution is 0.160. The molecular formula is C15H21Cl2FN2. The van der Waals surface area contributed by atoms with Crippen LogP contribution >= 0.6 is 24.0 Å². The highest BCUT2D eigenvalue weighted by Crippen LogP contribution is 2.42. The lowest BCUT2D eigenvalue weighted by Crippen LogP contribution is -2.45. The van der Waals surface area contributed by atoms with Gasteiger partial charge >= 0.3 is 0 Å². The first-order valence-electron chi connectivity index (χ1n) is 7.14. The normalized spacial score (nSPS) is 21.3. The average Bonchev–Trinajstić information content (AvgIpc) is 3.25. The molecule has 1 aliphatic carbocycles. The van der Waals surface area contributed by atoms with Gasteiger partial charge in [-0.15, -0.1) is 12.4 Å². The van der Waals surface area contributed by atoms with Crippen molar-refractivity contribution < 1.29 is 4.39 Å². The summed E-state index contributed by atoms with van der Waals surface area (Å²) in [5.41, 5.74) is 0.968. The zero-order chi connectivity index (χ0) is 13.2. The van der Waals surface area contributed by atoms with Crippen molar-refractivity contribution in [2.45, 2.75) is 25.3 Å². The fourth-order valence-electron chi connectivity index (χ4n) is 2.91. The van der Waals surface area contributed by atoms with Gasteiger partial charge in [-0.25, -0.2) is 4.39 Å². The lowest BCUT2D eigenvalue weighted by Gasteiger charge is -2.35. The molecule has 1 saturated heterocycles. The Morgan fingerprint density at radius 3 is 2.65 bits per heavy atom. The van der Waals surface area contributed by atoms with E-state index in [1.165, 1.54) is 18.9 Å². The third kappa shape index (κ3) is 3.64. The molecule has 0 spiro atoms. The van der Waals surface area contributed by atoms with Gasteiger partial charge in [0.25, 0.3) is 0 Å². The van der Waals surface area contributed by atoms with E-state index in [1.807, 2.05) is 6.07 Å². The van der Waals surface area contributed by atoms with Crippen molar-refractivity contribution in [3.05, 3.63) is 34.6 Å². The number of halogens is 3. The zero-order valence-corrected chi connectivity index (χ0v) is 13.0. The largest absolute Gasteiger partial charge is 0.314 e. The molecule has 0 amide bonds. The smallest absolute Gasteiger partial charge is 0.142 e. The van der Waals surface area contributed by atoms with E-state index >= 15 is 0 Å². The summed E-state index contributed by atoms with van der Waals surface area (Å²) in [5, 5.41) is 3.68. The molecule has 2 aliphatic rings. The van der Waals surface area contributed by atoms with Gasteiger partial charge in [-0.3, -0.25) is 4.90 Å². The highest BCUT2D eigenvalue weighted by Gasteiger charge is 2.31. The van der Waals surface area contributed by atoms with Crippen molar-refractivity contribution in [1.29, 1.82) is 0 Å². The monoisotopic (exact) mass is 318 g/mol. The third-order valence-corrected chi connectivity index (χ3v) is 4.59. The number of nitrogens with zero attached hydrogens (tertiary/aromatic N) is 1. The maximum absolute atomic E-state index is 13.7. The molecule has 1 heterocycles. The molecule has 0 bridgehead atoms. The van der Waals surface area contributed by atoms with E-state index in [1.54, 1.807) is 6.07 Å². The van der Waals surface area contributed by atoms with E-state index in [2.05, 4.69) is 10.2 Å². The maximum Gasteiger partial charge on any atom is 0.142 e. The molecule has 2 nitrogen and oxygen atoms in total. The van der Waals surface area contributed by atoms with E-state index in [0.717, 1.165) is 44.1 Å². The summed E-state index contributed by atoms with van der Waals surface area (Å²) >= 11 is 6.19. The van der Waals surface area contributed by atoms with Gasteiger partial charge in [0.05, 0.1) is 5.02 Å². The van der Waals surface area contributed by atoms with Crippen LogP contribution in [0.1, 0.15) is 30.9 Å². The number of piperazine rings is 1. The molecule has 0 unspecified atom stereocenters. The van der Waals surface area contributed by atoms with E-state index < -0.39 is 0 Å². The van der Waals surface area contributed by atoms with E-state index in [9.17, 15) is 4.39 Å². The highest BCUT2D eigenvalue weighted by molar-refractivity contribution is 6.31. The van der Waals surface area contributed by atoms with E-state index in [4.69, 9.17) is 11.6 Å². The average molecular weight is 319 g/mol. The number of rotatable bonds is 4. The first-order chi connectivity index (χ1) is 9.25. The van der Waals surface area contributed by atoms with Crippen LogP contribution in [0.3, 0.4) is 0 Å². The van der Waals surface area contributed by atoms with Gasteiger partial charge in [0.15, 0.2) is 0 Å². The number of benzene rings is 1. The number of nitrogens with one attached hydrogen (secondary N) is 1. The standard InChI is InChI=1S/C15H20ClFN2.ClH/c16-15-12(2-1-3-13(15)17)14(10-11-4-5-11)19-8-6-18-7-9-19;/h1-3,11,14,18H,4-10H2;1H/t14-;/m0./s1. The van der Waals surface area contributed by atoms with Crippen molar-refractivity contribution in [3.8, 4) is 0 Å². The molecule has 1 N–H and O–H groups in total.